The molecule has 3 heteroatoms. The molecule has 0 bridgehead atoms. The fraction of sp³-hybridized carbons (Fsp3) is 0.625. The first-order valence-electron chi connectivity index (χ1n) is 7.16. The van der Waals surface area contributed by atoms with Crippen LogP contribution < -0.4 is 4.74 Å². The molecule has 0 spiro atoms. The maximum absolute atomic E-state index is 10.6. The number of likely N-dealkylation sites (N-methyl/N-ethyl adjacent to an activating group) is 1. The zero-order valence-corrected chi connectivity index (χ0v) is 12.1. The molecule has 1 aliphatic rings. The number of rotatable bonds is 5. The molecule has 2 rings (SSSR count). The van der Waals surface area contributed by atoms with E-state index in [0.29, 0.717) is 0 Å². The lowest BCUT2D eigenvalue weighted by Crippen LogP contribution is -2.42. The van der Waals surface area contributed by atoms with Gasteiger partial charge < -0.3 is 9.84 Å². The number of methoxy groups -OCH3 is 1. The second-order valence-corrected chi connectivity index (χ2v) is 5.77. The van der Waals surface area contributed by atoms with Crippen LogP contribution >= 0.6 is 0 Å². The van der Waals surface area contributed by atoms with Crippen LogP contribution in [-0.4, -0.2) is 36.3 Å². The van der Waals surface area contributed by atoms with Gasteiger partial charge in [0.2, 0.25) is 0 Å². The number of aliphatic hydroxyl groups is 1. The van der Waals surface area contributed by atoms with Gasteiger partial charge in [0.05, 0.1) is 12.7 Å². The number of nitrogens with zero attached hydrogens (tertiary/aromatic N) is 1. The summed E-state index contributed by atoms with van der Waals surface area (Å²) < 4.78 is 5.37. The maximum Gasteiger partial charge on any atom is 0.123 e. The summed E-state index contributed by atoms with van der Waals surface area (Å²) in [6.07, 6.45) is 5.43. The van der Waals surface area contributed by atoms with Crippen molar-refractivity contribution >= 4 is 0 Å². The van der Waals surface area contributed by atoms with E-state index in [-0.39, 0.29) is 0 Å². The highest BCUT2D eigenvalue weighted by atomic mass is 16.5. The molecular weight excluding hydrogens is 238 g/mol. The Bertz CT molecular complexity index is 399. The van der Waals surface area contributed by atoms with Crippen LogP contribution in [0.15, 0.2) is 24.3 Å². The minimum Gasteiger partial charge on any atom is -0.496 e. The molecule has 3 nitrogen and oxygen atoms in total. The molecule has 0 aromatic heterocycles. The lowest BCUT2D eigenvalue weighted by molar-refractivity contribution is -0.0224. The molecule has 0 aliphatic heterocycles. The third kappa shape index (κ3) is 3.95. The molecule has 1 N–H and O–H groups in total. The summed E-state index contributed by atoms with van der Waals surface area (Å²) in [5.74, 6) is 0.921. The van der Waals surface area contributed by atoms with Crippen molar-refractivity contribution in [3.8, 4) is 5.75 Å². The minimum atomic E-state index is -0.491. The van der Waals surface area contributed by atoms with E-state index in [4.69, 9.17) is 4.74 Å². The Hall–Kier alpha value is -1.06. The molecule has 1 aliphatic carbocycles. The molecule has 1 aromatic rings. The first kappa shape index (κ1) is 14.4. The van der Waals surface area contributed by atoms with Crippen LogP contribution in [0.4, 0.5) is 0 Å². The van der Waals surface area contributed by atoms with Gasteiger partial charge in [0.15, 0.2) is 0 Å². The van der Waals surface area contributed by atoms with Gasteiger partial charge in [0, 0.05) is 18.7 Å². The Morgan fingerprint density at radius 1 is 1.21 bits per heavy atom. The van der Waals surface area contributed by atoms with E-state index in [1.54, 1.807) is 7.11 Å². The van der Waals surface area contributed by atoms with E-state index < -0.39 is 5.60 Å². The van der Waals surface area contributed by atoms with Gasteiger partial charge >= 0.3 is 0 Å². The molecule has 0 atom stereocenters. The average molecular weight is 263 g/mol. The standard InChI is InChI=1S/C16H25NO2/c1-17(13-16(18)10-6-3-7-11-16)12-14-8-4-5-9-15(14)19-2/h4-5,8-9,18H,3,6-7,10-13H2,1-2H3. The van der Waals surface area contributed by atoms with E-state index in [1.807, 2.05) is 18.2 Å². The van der Waals surface area contributed by atoms with Gasteiger partial charge in [-0.2, -0.15) is 0 Å². The normalized spacial score (nSPS) is 18.5. The lowest BCUT2D eigenvalue weighted by atomic mass is 9.84. The van der Waals surface area contributed by atoms with Crippen molar-refractivity contribution in [3.05, 3.63) is 29.8 Å². The van der Waals surface area contributed by atoms with Crippen LogP contribution in [0.3, 0.4) is 0 Å². The first-order chi connectivity index (χ1) is 9.13. The fourth-order valence-corrected chi connectivity index (χ4v) is 3.05. The molecule has 1 fully saturated rings. The summed E-state index contributed by atoms with van der Waals surface area (Å²) in [4.78, 5) is 2.20. The summed E-state index contributed by atoms with van der Waals surface area (Å²) in [6, 6.07) is 8.08. The Balaban J connectivity index is 1.95. The largest absolute Gasteiger partial charge is 0.496 e. The number of hydrogen-bond acceptors (Lipinski definition) is 3. The van der Waals surface area contributed by atoms with E-state index in [1.165, 1.54) is 12.0 Å². The zero-order valence-electron chi connectivity index (χ0n) is 12.1. The van der Waals surface area contributed by atoms with Gasteiger partial charge in [-0.05, 0) is 26.0 Å². The highest BCUT2D eigenvalue weighted by Gasteiger charge is 2.30. The molecule has 0 amide bonds. The van der Waals surface area contributed by atoms with Gasteiger partial charge in [-0.1, -0.05) is 37.5 Å². The van der Waals surface area contributed by atoms with Crippen LogP contribution in [0.25, 0.3) is 0 Å². The van der Waals surface area contributed by atoms with Crippen LogP contribution in [0, 0.1) is 0 Å². The molecule has 1 aromatic carbocycles. The van der Waals surface area contributed by atoms with Gasteiger partial charge in [-0.25, -0.2) is 0 Å². The van der Waals surface area contributed by atoms with E-state index >= 15 is 0 Å². The SMILES string of the molecule is COc1ccccc1CN(C)CC1(O)CCCCC1. The lowest BCUT2D eigenvalue weighted by Gasteiger charge is -2.35. The van der Waals surface area contributed by atoms with Crippen LogP contribution in [0.2, 0.25) is 0 Å². The van der Waals surface area contributed by atoms with Crippen LogP contribution in [-0.2, 0) is 6.54 Å². The Morgan fingerprint density at radius 3 is 2.58 bits per heavy atom. The van der Waals surface area contributed by atoms with Crippen molar-refractivity contribution in [1.82, 2.24) is 4.90 Å². The van der Waals surface area contributed by atoms with Crippen molar-refractivity contribution in [2.24, 2.45) is 0 Å². The molecule has 0 radical (unpaired) electrons. The molecule has 19 heavy (non-hydrogen) atoms. The van der Waals surface area contributed by atoms with Gasteiger partial charge in [0.25, 0.3) is 0 Å². The average Bonchev–Trinajstić information content (AvgIpc) is 2.39. The van der Waals surface area contributed by atoms with E-state index in [9.17, 15) is 5.11 Å². The highest BCUT2D eigenvalue weighted by molar-refractivity contribution is 5.33. The number of benzene rings is 1. The van der Waals surface area contributed by atoms with Crippen LogP contribution in [0.5, 0.6) is 5.75 Å². The van der Waals surface area contributed by atoms with E-state index in [0.717, 1.165) is 44.5 Å². The third-order valence-corrected chi connectivity index (χ3v) is 3.98. The predicted molar refractivity (Wildman–Crippen MR) is 77.4 cm³/mol. The number of ether oxygens (including phenoxy) is 1. The maximum atomic E-state index is 10.6. The Morgan fingerprint density at radius 2 is 1.89 bits per heavy atom. The number of hydrogen-bond donors (Lipinski definition) is 1. The van der Waals surface area contributed by atoms with Crippen molar-refractivity contribution < 1.29 is 9.84 Å². The second-order valence-electron chi connectivity index (χ2n) is 5.77. The first-order valence-corrected chi connectivity index (χ1v) is 7.16. The molecule has 1 saturated carbocycles. The summed E-state index contributed by atoms with van der Waals surface area (Å²) in [5, 5.41) is 10.6. The highest BCUT2D eigenvalue weighted by Crippen LogP contribution is 2.29. The third-order valence-electron chi connectivity index (χ3n) is 3.98. The molecule has 106 valence electrons. The van der Waals surface area contributed by atoms with Gasteiger partial charge in [-0.15, -0.1) is 0 Å². The monoisotopic (exact) mass is 263 g/mol. The van der Waals surface area contributed by atoms with E-state index in [2.05, 4.69) is 18.0 Å². The summed E-state index contributed by atoms with van der Waals surface area (Å²) in [6.45, 7) is 1.55. The Labute approximate surface area is 116 Å². The summed E-state index contributed by atoms with van der Waals surface area (Å²) in [5.41, 5.74) is 0.682. The zero-order chi connectivity index (χ0) is 13.7. The Kier molecular flexibility index (Phi) is 4.83. The topological polar surface area (TPSA) is 32.7 Å². The second kappa shape index (κ2) is 6.40. The van der Waals surface area contributed by atoms with Crippen LogP contribution in [0.1, 0.15) is 37.7 Å². The van der Waals surface area contributed by atoms with Crippen molar-refractivity contribution in [1.29, 1.82) is 0 Å². The quantitative estimate of drug-likeness (QED) is 0.886. The number of para-hydroxylation sites is 1. The molecular formula is C16H25NO2. The predicted octanol–water partition coefficient (Wildman–Crippen LogP) is 2.82. The van der Waals surface area contributed by atoms with Crippen molar-refractivity contribution in [2.75, 3.05) is 20.7 Å². The smallest absolute Gasteiger partial charge is 0.123 e. The van der Waals surface area contributed by atoms with Gasteiger partial charge in [-0.3, -0.25) is 4.90 Å². The molecule has 0 heterocycles. The fourth-order valence-electron chi connectivity index (χ4n) is 3.05. The molecule has 0 saturated heterocycles. The van der Waals surface area contributed by atoms with Crippen molar-refractivity contribution in [3.63, 3.8) is 0 Å². The summed E-state index contributed by atoms with van der Waals surface area (Å²) >= 11 is 0. The van der Waals surface area contributed by atoms with Gasteiger partial charge in [0.1, 0.15) is 5.75 Å². The minimum absolute atomic E-state index is 0.491. The molecule has 0 unspecified atom stereocenters. The van der Waals surface area contributed by atoms with Crippen molar-refractivity contribution in [2.45, 2.75) is 44.2 Å². The summed E-state index contributed by atoms with van der Waals surface area (Å²) in [7, 11) is 3.77.